The van der Waals surface area contributed by atoms with Crippen molar-refractivity contribution in [2.24, 2.45) is 0 Å². The molecule has 3 aromatic carbocycles. The van der Waals surface area contributed by atoms with Gasteiger partial charge in [-0.1, -0.05) is 66.7 Å². The summed E-state index contributed by atoms with van der Waals surface area (Å²) in [6.07, 6.45) is 0. The van der Waals surface area contributed by atoms with E-state index in [9.17, 15) is 5.11 Å². The van der Waals surface area contributed by atoms with E-state index in [1.54, 1.807) is 0 Å². The van der Waals surface area contributed by atoms with Crippen molar-refractivity contribution in [2.45, 2.75) is 6.04 Å². The highest BCUT2D eigenvalue weighted by Crippen LogP contribution is 2.26. The Hall–Kier alpha value is -2.32. The van der Waals surface area contributed by atoms with Gasteiger partial charge in [-0.3, -0.25) is 0 Å². The highest BCUT2D eigenvalue weighted by atomic mass is 16.3. The first-order valence-electron chi connectivity index (χ1n) is 6.78. The molecule has 0 aliphatic heterocycles. The molecule has 20 heavy (non-hydrogen) atoms. The summed E-state index contributed by atoms with van der Waals surface area (Å²) in [6.45, 7) is 0.0627. The molecule has 0 amide bonds. The number of hydrogen-bond acceptors (Lipinski definition) is 2. The van der Waals surface area contributed by atoms with Gasteiger partial charge >= 0.3 is 0 Å². The molecule has 0 bridgehead atoms. The number of aliphatic hydroxyl groups is 1. The lowest BCUT2D eigenvalue weighted by Gasteiger charge is -2.19. The summed E-state index contributed by atoms with van der Waals surface area (Å²) in [5.41, 5.74) is 2.13. The van der Waals surface area contributed by atoms with Crippen LogP contribution >= 0.6 is 0 Å². The third kappa shape index (κ3) is 2.51. The molecule has 100 valence electrons. The first kappa shape index (κ1) is 12.7. The second-order valence-electron chi connectivity index (χ2n) is 4.82. The molecule has 0 aromatic heterocycles. The van der Waals surface area contributed by atoms with Crippen molar-refractivity contribution in [1.29, 1.82) is 0 Å². The molecule has 0 aliphatic rings. The number of hydrogen-bond donors (Lipinski definition) is 2. The summed E-state index contributed by atoms with van der Waals surface area (Å²) in [6, 6.07) is 24.3. The van der Waals surface area contributed by atoms with Crippen LogP contribution in [0.3, 0.4) is 0 Å². The van der Waals surface area contributed by atoms with Gasteiger partial charge in [0.1, 0.15) is 0 Å². The van der Waals surface area contributed by atoms with Crippen molar-refractivity contribution < 1.29 is 5.11 Å². The van der Waals surface area contributed by atoms with Crippen LogP contribution in [-0.4, -0.2) is 11.7 Å². The summed E-state index contributed by atoms with van der Waals surface area (Å²) in [5.74, 6) is 0. The first-order valence-corrected chi connectivity index (χ1v) is 6.78. The highest BCUT2D eigenvalue weighted by molar-refractivity contribution is 5.93. The van der Waals surface area contributed by atoms with Gasteiger partial charge in [0.15, 0.2) is 0 Å². The van der Waals surface area contributed by atoms with Gasteiger partial charge in [0, 0.05) is 11.1 Å². The van der Waals surface area contributed by atoms with Crippen LogP contribution in [0.5, 0.6) is 0 Å². The summed E-state index contributed by atoms with van der Waals surface area (Å²) in [4.78, 5) is 0. The molecule has 1 atom stereocenters. The molecule has 0 heterocycles. The quantitative estimate of drug-likeness (QED) is 0.746. The Kier molecular flexibility index (Phi) is 3.66. The predicted molar refractivity (Wildman–Crippen MR) is 83.8 cm³/mol. The number of aliphatic hydroxyl groups excluding tert-OH is 1. The molecule has 0 saturated carbocycles. The molecular formula is C18H17NO. The van der Waals surface area contributed by atoms with E-state index in [1.807, 2.05) is 54.6 Å². The maximum Gasteiger partial charge on any atom is 0.0745 e. The normalized spacial score (nSPS) is 12.2. The van der Waals surface area contributed by atoms with Gasteiger partial charge in [-0.05, 0) is 17.0 Å². The Morgan fingerprint density at radius 1 is 0.800 bits per heavy atom. The minimum atomic E-state index is -0.0954. The maximum absolute atomic E-state index is 9.65. The molecule has 0 aliphatic carbocycles. The molecule has 2 heteroatoms. The Morgan fingerprint density at radius 3 is 2.30 bits per heavy atom. The fourth-order valence-corrected chi connectivity index (χ4v) is 2.46. The number of fused-ring (bicyclic) bond motifs is 1. The molecule has 2 nitrogen and oxygen atoms in total. The van der Waals surface area contributed by atoms with Gasteiger partial charge in [-0.2, -0.15) is 0 Å². The Labute approximate surface area is 118 Å². The van der Waals surface area contributed by atoms with Crippen LogP contribution in [0.1, 0.15) is 11.6 Å². The van der Waals surface area contributed by atoms with Gasteiger partial charge < -0.3 is 10.4 Å². The minimum Gasteiger partial charge on any atom is -0.394 e. The lowest BCUT2D eigenvalue weighted by molar-refractivity contribution is 0.276. The summed E-state index contributed by atoms with van der Waals surface area (Å²) < 4.78 is 0. The zero-order valence-electron chi connectivity index (χ0n) is 11.2. The van der Waals surface area contributed by atoms with Crippen LogP contribution in [-0.2, 0) is 0 Å². The van der Waals surface area contributed by atoms with Gasteiger partial charge in [0.2, 0.25) is 0 Å². The maximum atomic E-state index is 9.65. The average Bonchev–Trinajstić information content (AvgIpc) is 2.53. The number of nitrogens with one attached hydrogen (secondary N) is 1. The van der Waals surface area contributed by atoms with Crippen LogP contribution in [0.25, 0.3) is 10.8 Å². The van der Waals surface area contributed by atoms with Crippen molar-refractivity contribution in [3.05, 3.63) is 78.4 Å². The SMILES string of the molecule is OCC(Nc1cccc2ccccc12)c1ccccc1. The number of anilines is 1. The van der Waals surface area contributed by atoms with E-state index >= 15 is 0 Å². The van der Waals surface area contributed by atoms with E-state index in [2.05, 4.69) is 23.5 Å². The van der Waals surface area contributed by atoms with E-state index in [-0.39, 0.29) is 12.6 Å². The topological polar surface area (TPSA) is 32.3 Å². The van der Waals surface area contributed by atoms with Crippen LogP contribution in [0, 0.1) is 0 Å². The van der Waals surface area contributed by atoms with Crippen LogP contribution in [0.2, 0.25) is 0 Å². The summed E-state index contributed by atoms with van der Waals surface area (Å²) in [5, 5.41) is 15.5. The van der Waals surface area contributed by atoms with Crippen LogP contribution < -0.4 is 5.32 Å². The lowest BCUT2D eigenvalue weighted by Crippen LogP contribution is -2.14. The van der Waals surface area contributed by atoms with E-state index in [0.29, 0.717) is 0 Å². The largest absolute Gasteiger partial charge is 0.394 e. The molecule has 2 N–H and O–H groups in total. The second-order valence-corrected chi connectivity index (χ2v) is 4.82. The van der Waals surface area contributed by atoms with Crippen molar-refractivity contribution in [1.82, 2.24) is 0 Å². The third-order valence-corrected chi connectivity index (χ3v) is 3.50. The lowest BCUT2D eigenvalue weighted by atomic mass is 10.1. The molecule has 0 radical (unpaired) electrons. The van der Waals surface area contributed by atoms with Crippen molar-refractivity contribution in [3.63, 3.8) is 0 Å². The van der Waals surface area contributed by atoms with E-state index in [0.717, 1.165) is 11.3 Å². The molecular weight excluding hydrogens is 246 g/mol. The molecule has 0 saturated heterocycles. The fourth-order valence-electron chi connectivity index (χ4n) is 2.46. The van der Waals surface area contributed by atoms with Gasteiger partial charge in [0.25, 0.3) is 0 Å². The molecule has 3 rings (SSSR count). The third-order valence-electron chi connectivity index (χ3n) is 3.50. The molecule has 1 unspecified atom stereocenters. The standard InChI is InChI=1S/C18H17NO/c20-13-18(15-8-2-1-3-9-15)19-17-12-6-10-14-7-4-5-11-16(14)17/h1-12,18-20H,13H2. The molecule has 0 spiro atoms. The Balaban J connectivity index is 1.96. The minimum absolute atomic E-state index is 0.0627. The highest BCUT2D eigenvalue weighted by Gasteiger charge is 2.10. The average molecular weight is 263 g/mol. The smallest absolute Gasteiger partial charge is 0.0745 e. The Morgan fingerprint density at radius 2 is 1.50 bits per heavy atom. The van der Waals surface area contributed by atoms with Crippen molar-refractivity contribution >= 4 is 16.5 Å². The number of rotatable bonds is 4. The van der Waals surface area contributed by atoms with Gasteiger partial charge in [-0.15, -0.1) is 0 Å². The predicted octanol–water partition coefficient (Wildman–Crippen LogP) is 3.99. The monoisotopic (exact) mass is 263 g/mol. The van der Waals surface area contributed by atoms with E-state index in [4.69, 9.17) is 0 Å². The molecule has 0 fully saturated rings. The van der Waals surface area contributed by atoms with Crippen molar-refractivity contribution in [2.75, 3.05) is 11.9 Å². The zero-order valence-corrected chi connectivity index (χ0v) is 11.2. The van der Waals surface area contributed by atoms with Crippen molar-refractivity contribution in [3.8, 4) is 0 Å². The van der Waals surface area contributed by atoms with E-state index in [1.165, 1.54) is 10.8 Å². The van der Waals surface area contributed by atoms with Gasteiger partial charge in [-0.25, -0.2) is 0 Å². The fraction of sp³-hybridized carbons (Fsp3) is 0.111. The van der Waals surface area contributed by atoms with E-state index < -0.39 is 0 Å². The second kappa shape index (κ2) is 5.76. The molecule has 3 aromatic rings. The first-order chi connectivity index (χ1) is 9.88. The number of benzene rings is 3. The Bertz CT molecular complexity index is 689. The zero-order chi connectivity index (χ0) is 13.8. The summed E-state index contributed by atoms with van der Waals surface area (Å²) >= 11 is 0. The van der Waals surface area contributed by atoms with Gasteiger partial charge in [0.05, 0.1) is 12.6 Å². The van der Waals surface area contributed by atoms with Crippen LogP contribution in [0.15, 0.2) is 72.8 Å². The summed E-state index contributed by atoms with van der Waals surface area (Å²) in [7, 11) is 0. The van der Waals surface area contributed by atoms with Crippen LogP contribution in [0.4, 0.5) is 5.69 Å².